The smallest absolute Gasteiger partial charge is 0.265 e. The fraction of sp³-hybridized carbons (Fsp3) is 0. The zero-order chi connectivity index (χ0) is 18.2. The summed E-state index contributed by atoms with van der Waals surface area (Å²) in [7, 11) is 0. The summed E-state index contributed by atoms with van der Waals surface area (Å²) >= 11 is 1.49. The highest BCUT2D eigenvalue weighted by atomic mass is 32.1. The van der Waals surface area contributed by atoms with E-state index in [-0.39, 0.29) is 5.91 Å². The fourth-order valence-corrected chi connectivity index (χ4v) is 3.97. The van der Waals surface area contributed by atoms with E-state index < -0.39 is 0 Å². The number of anilines is 1. The number of nitrogens with zero attached hydrogens (tertiary/aromatic N) is 3. The molecule has 27 heavy (non-hydrogen) atoms. The SMILES string of the molecule is O=C(Nc1cccc(-c2cn3cccnc3n2)c1)c1cc2ccccc2s1. The first kappa shape index (κ1) is 15.7. The molecule has 0 unspecified atom stereocenters. The number of hydrogen-bond acceptors (Lipinski definition) is 4. The van der Waals surface area contributed by atoms with Crippen LogP contribution < -0.4 is 5.32 Å². The van der Waals surface area contributed by atoms with Gasteiger partial charge in [-0.15, -0.1) is 11.3 Å². The van der Waals surface area contributed by atoms with Crippen LogP contribution in [-0.4, -0.2) is 20.3 Å². The first-order valence-corrected chi connectivity index (χ1v) is 9.28. The van der Waals surface area contributed by atoms with Gasteiger partial charge in [-0.25, -0.2) is 9.97 Å². The van der Waals surface area contributed by atoms with E-state index in [9.17, 15) is 4.79 Å². The van der Waals surface area contributed by atoms with Crippen LogP contribution in [0.1, 0.15) is 9.67 Å². The van der Waals surface area contributed by atoms with Gasteiger partial charge in [0.05, 0.1) is 10.6 Å². The van der Waals surface area contributed by atoms with Crippen molar-refractivity contribution >= 4 is 38.8 Å². The van der Waals surface area contributed by atoms with Gasteiger partial charge in [-0.1, -0.05) is 30.3 Å². The highest BCUT2D eigenvalue weighted by Crippen LogP contribution is 2.27. The standard InChI is InChI=1S/C21H14N4OS/c26-20(19-12-15-5-1-2-8-18(15)27-19)23-16-7-3-6-14(11-16)17-13-25-10-4-9-22-21(25)24-17/h1-13H,(H,23,26). The predicted molar refractivity (Wildman–Crippen MR) is 108 cm³/mol. The van der Waals surface area contributed by atoms with Gasteiger partial charge in [-0.3, -0.25) is 9.20 Å². The Labute approximate surface area is 159 Å². The highest BCUT2D eigenvalue weighted by Gasteiger charge is 2.11. The monoisotopic (exact) mass is 370 g/mol. The maximum Gasteiger partial charge on any atom is 0.265 e. The van der Waals surface area contributed by atoms with E-state index in [1.54, 1.807) is 6.20 Å². The van der Waals surface area contributed by atoms with Crippen LogP contribution in [0.25, 0.3) is 27.1 Å². The van der Waals surface area contributed by atoms with Gasteiger partial charge in [0.15, 0.2) is 0 Å². The van der Waals surface area contributed by atoms with Crippen molar-refractivity contribution in [2.24, 2.45) is 0 Å². The summed E-state index contributed by atoms with van der Waals surface area (Å²) in [5, 5.41) is 4.07. The van der Waals surface area contributed by atoms with Crippen LogP contribution >= 0.6 is 11.3 Å². The minimum atomic E-state index is -0.106. The minimum absolute atomic E-state index is 0.106. The molecule has 0 bridgehead atoms. The Kier molecular flexibility index (Phi) is 3.69. The van der Waals surface area contributed by atoms with Crippen LogP contribution in [0.15, 0.2) is 79.3 Å². The van der Waals surface area contributed by atoms with Crippen LogP contribution in [0.5, 0.6) is 0 Å². The molecule has 0 radical (unpaired) electrons. The molecule has 0 aliphatic rings. The number of fused-ring (bicyclic) bond motifs is 2. The van der Waals surface area contributed by atoms with E-state index in [0.29, 0.717) is 10.7 Å². The summed E-state index contributed by atoms with van der Waals surface area (Å²) in [5.41, 5.74) is 2.47. The second-order valence-electron chi connectivity index (χ2n) is 6.14. The molecule has 0 fully saturated rings. The van der Waals surface area contributed by atoms with E-state index in [1.165, 1.54) is 11.3 Å². The fourth-order valence-electron chi connectivity index (χ4n) is 3.01. The van der Waals surface area contributed by atoms with E-state index in [2.05, 4.69) is 15.3 Å². The maximum atomic E-state index is 12.6. The van der Waals surface area contributed by atoms with Crippen molar-refractivity contribution in [3.05, 3.63) is 84.1 Å². The van der Waals surface area contributed by atoms with E-state index in [0.717, 1.165) is 27.0 Å². The summed E-state index contributed by atoms with van der Waals surface area (Å²) in [4.78, 5) is 22.1. The highest BCUT2D eigenvalue weighted by molar-refractivity contribution is 7.20. The van der Waals surface area contributed by atoms with Gasteiger partial charge in [0, 0.05) is 34.5 Å². The molecule has 5 nitrogen and oxygen atoms in total. The van der Waals surface area contributed by atoms with Crippen molar-refractivity contribution in [1.82, 2.24) is 14.4 Å². The van der Waals surface area contributed by atoms with Gasteiger partial charge in [0.1, 0.15) is 0 Å². The molecule has 0 aliphatic carbocycles. The molecule has 5 aromatic rings. The Hall–Kier alpha value is -3.51. The van der Waals surface area contributed by atoms with Crippen LogP contribution in [-0.2, 0) is 0 Å². The Bertz CT molecular complexity index is 1220. The second kappa shape index (κ2) is 6.34. The number of carbonyl (C=O) groups is 1. The van der Waals surface area contributed by atoms with Gasteiger partial charge in [0.2, 0.25) is 5.78 Å². The van der Waals surface area contributed by atoms with Crippen molar-refractivity contribution in [3.8, 4) is 11.3 Å². The molecule has 130 valence electrons. The number of amides is 1. The van der Waals surface area contributed by atoms with Crippen molar-refractivity contribution in [2.75, 3.05) is 5.32 Å². The quantitative estimate of drug-likeness (QED) is 0.493. The number of thiophene rings is 1. The number of imidazole rings is 1. The molecule has 0 aliphatic heterocycles. The molecule has 1 amide bonds. The zero-order valence-electron chi connectivity index (χ0n) is 14.2. The van der Waals surface area contributed by atoms with Gasteiger partial charge < -0.3 is 5.32 Å². The van der Waals surface area contributed by atoms with Crippen molar-refractivity contribution in [1.29, 1.82) is 0 Å². The average molecular weight is 370 g/mol. The third-order valence-corrected chi connectivity index (χ3v) is 5.42. The molecule has 2 aromatic carbocycles. The Morgan fingerprint density at radius 1 is 1.04 bits per heavy atom. The minimum Gasteiger partial charge on any atom is -0.321 e. The third kappa shape index (κ3) is 2.96. The zero-order valence-corrected chi connectivity index (χ0v) is 15.0. The van der Waals surface area contributed by atoms with Crippen LogP contribution in [0.2, 0.25) is 0 Å². The first-order valence-electron chi connectivity index (χ1n) is 8.46. The number of benzene rings is 2. The third-order valence-electron chi connectivity index (χ3n) is 4.30. The van der Waals surface area contributed by atoms with Gasteiger partial charge in [-0.05, 0) is 35.7 Å². The Morgan fingerprint density at radius 2 is 1.96 bits per heavy atom. The topological polar surface area (TPSA) is 59.3 Å². The summed E-state index contributed by atoms with van der Waals surface area (Å²) in [6, 6.07) is 19.5. The first-order chi connectivity index (χ1) is 13.3. The van der Waals surface area contributed by atoms with E-state index in [1.807, 2.05) is 77.5 Å². The number of carbonyl (C=O) groups excluding carboxylic acids is 1. The summed E-state index contributed by atoms with van der Waals surface area (Å²) in [5.74, 6) is 0.539. The molecular formula is C21H14N4OS. The lowest BCUT2D eigenvalue weighted by Gasteiger charge is -2.05. The molecule has 0 atom stereocenters. The largest absolute Gasteiger partial charge is 0.321 e. The number of nitrogens with one attached hydrogen (secondary N) is 1. The molecule has 3 aromatic heterocycles. The summed E-state index contributed by atoms with van der Waals surface area (Å²) < 4.78 is 2.98. The molecule has 5 rings (SSSR count). The van der Waals surface area contributed by atoms with E-state index in [4.69, 9.17) is 0 Å². The second-order valence-corrected chi connectivity index (χ2v) is 7.22. The van der Waals surface area contributed by atoms with Crippen LogP contribution in [0, 0.1) is 0 Å². The van der Waals surface area contributed by atoms with Crippen LogP contribution in [0.4, 0.5) is 5.69 Å². The van der Waals surface area contributed by atoms with Gasteiger partial charge in [0.25, 0.3) is 5.91 Å². The van der Waals surface area contributed by atoms with Gasteiger partial charge in [-0.2, -0.15) is 0 Å². The van der Waals surface area contributed by atoms with Crippen molar-refractivity contribution < 1.29 is 4.79 Å². The lowest BCUT2D eigenvalue weighted by Crippen LogP contribution is -2.09. The molecular weight excluding hydrogens is 356 g/mol. The lowest BCUT2D eigenvalue weighted by molar-refractivity contribution is 0.103. The van der Waals surface area contributed by atoms with E-state index >= 15 is 0 Å². The predicted octanol–water partition coefficient (Wildman–Crippen LogP) is 4.86. The average Bonchev–Trinajstić information content (AvgIpc) is 3.32. The molecule has 0 saturated heterocycles. The van der Waals surface area contributed by atoms with Crippen molar-refractivity contribution in [2.45, 2.75) is 0 Å². The van der Waals surface area contributed by atoms with Crippen LogP contribution in [0.3, 0.4) is 0 Å². The normalized spacial score (nSPS) is 11.1. The molecule has 6 heteroatoms. The number of aromatic nitrogens is 3. The number of rotatable bonds is 3. The molecule has 0 spiro atoms. The summed E-state index contributed by atoms with van der Waals surface area (Å²) in [6.45, 7) is 0. The molecule has 3 heterocycles. The Balaban J connectivity index is 1.43. The molecule has 1 N–H and O–H groups in total. The lowest BCUT2D eigenvalue weighted by atomic mass is 10.1. The Morgan fingerprint density at radius 3 is 2.85 bits per heavy atom. The number of hydrogen-bond donors (Lipinski definition) is 1. The van der Waals surface area contributed by atoms with Gasteiger partial charge >= 0.3 is 0 Å². The summed E-state index contributed by atoms with van der Waals surface area (Å²) in [6.07, 6.45) is 5.55. The maximum absolute atomic E-state index is 12.6. The van der Waals surface area contributed by atoms with Crippen molar-refractivity contribution in [3.63, 3.8) is 0 Å². The molecule has 0 saturated carbocycles.